The Balaban J connectivity index is 3.18. The molecule has 4 nitrogen and oxygen atoms in total. The van der Waals surface area contributed by atoms with E-state index in [1.807, 2.05) is 32.2 Å². The number of rotatable bonds is 6. The minimum absolute atomic E-state index is 0.0597. The molecule has 0 heterocycles. The van der Waals surface area contributed by atoms with Crippen LogP contribution in [0.15, 0.2) is 18.2 Å². The fourth-order valence-electron chi connectivity index (χ4n) is 1.80. The number of likely N-dealkylation sites (N-methyl/N-ethyl adjacent to an activating group) is 1. The zero-order chi connectivity index (χ0) is 12.9. The number of aliphatic hydroxyl groups is 1. The highest BCUT2D eigenvalue weighted by Gasteiger charge is 2.26. The number of hydrogen-bond donors (Lipinski definition) is 2. The van der Waals surface area contributed by atoms with Crippen LogP contribution in [0.25, 0.3) is 0 Å². The molecule has 0 bridgehead atoms. The minimum Gasteiger partial charge on any atom is -0.497 e. The van der Waals surface area contributed by atoms with Gasteiger partial charge in [-0.15, -0.1) is 0 Å². The minimum atomic E-state index is -0.351. The summed E-state index contributed by atoms with van der Waals surface area (Å²) >= 11 is 0. The van der Waals surface area contributed by atoms with Crippen LogP contribution in [0.2, 0.25) is 0 Å². The summed E-state index contributed by atoms with van der Waals surface area (Å²) in [5, 5.41) is 12.7. The van der Waals surface area contributed by atoms with Gasteiger partial charge in [0.15, 0.2) is 0 Å². The van der Waals surface area contributed by atoms with Crippen molar-refractivity contribution in [3.63, 3.8) is 0 Å². The summed E-state index contributed by atoms with van der Waals surface area (Å²) in [4.78, 5) is 0. The van der Waals surface area contributed by atoms with Gasteiger partial charge in [-0.2, -0.15) is 0 Å². The molecule has 0 aromatic heterocycles. The lowest BCUT2D eigenvalue weighted by Crippen LogP contribution is -2.37. The Morgan fingerprint density at radius 2 is 1.71 bits per heavy atom. The van der Waals surface area contributed by atoms with Crippen molar-refractivity contribution in [1.29, 1.82) is 0 Å². The summed E-state index contributed by atoms with van der Waals surface area (Å²) in [6, 6.07) is 5.67. The van der Waals surface area contributed by atoms with Gasteiger partial charge in [0.1, 0.15) is 11.5 Å². The normalized spacial score (nSPS) is 14.2. The van der Waals surface area contributed by atoms with Gasteiger partial charge < -0.3 is 19.9 Å². The fraction of sp³-hybridized carbons (Fsp3) is 0.538. The quantitative estimate of drug-likeness (QED) is 0.782. The molecule has 0 aliphatic carbocycles. The van der Waals surface area contributed by atoms with Gasteiger partial charge in [0.25, 0.3) is 0 Å². The molecule has 0 aliphatic heterocycles. The Hall–Kier alpha value is -1.26. The molecule has 0 amide bonds. The maximum Gasteiger partial charge on any atom is 0.122 e. The Kier molecular flexibility index (Phi) is 4.78. The van der Waals surface area contributed by atoms with Crippen LogP contribution in [0.3, 0.4) is 0 Å². The molecule has 96 valence electrons. The average molecular weight is 239 g/mol. The summed E-state index contributed by atoms with van der Waals surface area (Å²) in [5.74, 6) is 1.46. The standard InChI is InChI=1S/C13H21NO3/c1-13(9-15,8-14-2)10-5-11(16-3)7-12(6-10)17-4/h5-7,14-15H,8-9H2,1-4H3. The van der Waals surface area contributed by atoms with Crippen LogP contribution in [0.5, 0.6) is 11.5 Å². The number of nitrogens with one attached hydrogen (secondary N) is 1. The van der Waals surface area contributed by atoms with Crippen LogP contribution in [0.4, 0.5) is 0 Å². The van der Waals surface area contributed by atoms with Crippen molar-refractivity contribution in [1.82, 2.24) is 5.32 Å². The monoisotopic (exact) mass is 239 g/mol. The van der Waals surface area contributed by atoms with E-state index in [-0.39, 0.29) is 12.0 Å². The summed E-state index contributed by atoms with van der Waals surface area (Å²) < 4.78 is 10.5. The van der Waals surface area contributed by atoms with Crippen molar-refractivity contribution in [2.75, 3.05) is 34.4 Å². The zero-order valence-corrected chi connectivity index (χ0v) is 10.9. The van der Waals surface area contributed by atoms with Gasteiger partial charge in [0, 0.05) is 18.0 Å². The van der Waals surface area contributed by atoms with Crippen LogP contribution >= 0.6 is 0 Å². The summed E-state index contributed by atoms with van der Waals surface area (Å²) in [6.45, 7) is 2.74. The van der Waals surface area contributed by atoms with Crippen molar-refractivity contribution >= 4 is 0 Å². The van der Waals surface area contributed by atoms with Crippen molar-refractivity contribution in [2.24, 2.45) is 0 Å². The first kappa shape index (κ1) is 13.8. The highest BCUT2D eigenvalue weighted by atomic mass is 16.5. The second-order valence-corrected chi connectivity index (χ2v) is 4.35. The third-order valence-corrected chi connectivity index (χ3v) is 2.96. The van der Waals surface area contributed by atoms with Gasteiger partial charge in [0.05, 0.1) is 20.8 Å². The van der Waals surface area contributed by atoms with Crippen LogP contribution in [-0.2, 0) is 5.41 Å². The van der Waals surface area contributed by atoms with E-state index >= 15 is 0 Å². The van der Waals surface area contributed by atoms with E-state index < -0.39 is 0 Å². The van der Waals surface area contributed by atoms with Gasteiger partial charge in [-0.3, -0.25) is 0 Å². The van der Waals surface area contributed by atoms with Crippen molar-refractivity contribution in [3.05, 3.63) is 23.8 Å². The molecule has 1 atom stereocenters. The summed E-state index contributed by atoms with van der Waals surface area (Å²) in [5.41, 5.74) is 0.641. The third kappa shape index (κ3) is 3.11. The number of benzene rings is 1. The smallest absolute Gasteiger partial charge is 0.122 e. The molecule has 0 saturated heterocycles. The van der Waals surface area contributed by atoms with Crippen molar-refractivity contribution in [3.8, 4) is 11.5 Å². The van der Waals surface area contributed by atoms with Gasteiger partial charge >= 0.3 is 0 Å². The molecular weight excluding hydrogens is 218 g/mol. The summed E-state index contributed by atoms with van der Waals surface area (Å²) in [7, 11) is 5.10. The lowest BCUT2D eigenvalue weighted by Gasteiger charge is -2.28. The molecule has 0 spiro atoms. The molecule has 1 unspecified atom stereocenters. The van der Waals surface area contributed by atoms with E-state index in [1.54, 1.807) is 14.2 Å². The molecule has 17 heavy (non-hydrogen) atoms. The van der Waals surface area contributed by atoms with Gasteiger partial charge in [-0.1, -0.05) is 6.92 Å². The van der Waals surface area contributed by atoms with Gasteiger partial charge in [-0.25, -0.2) is 0 Å². The molecule has 2 N–H and O–H groups in total. The molecule has 0 saturated carbocycles. The van der Waals surface area contributed by atoms with Crippen molar-refractivity contribution in [2.45, 2.75) is 12.3 Å². The zero-order valence-electron chi connectivity index (χ0n) is 10.9. The number of aliphatic hydroxyl groups excluding tert-OH is 1. The Morgan fingerprint density at radius 1 is 1.18 bits per heavy atom. The van der Waals surface area contributed by atoms with Gasteiger partial charge in [0.2, 0.25) is 0 Å². The third-order valence-electron chi connectivity index (χ3n) is 2.96. The van der Waals surface area contributed by atoms with Crippen LogP contribution < -0.4 is 14.8 Å². The maximum absolute atomic E-state index is 9.58. The molecule has 0 radical (unpaired) electrons. The fourth-order valence-corrected chi connectivity index (χ4v) is 1.80. The molecule has 0 aliphatic rings. The van der Waals surface area contributed by atoms with E-state index in [1.165, 1.54) is 0 Å². The predicted octanol–water partition coefficient (Wildman–Crippen LogP) is 1.17. The average Bonchev–Trinajstić information content (AvgIpc) is 2.38. The Labute approximate surface area is 103 Å². The lowest BCUT2D eigenvalue weighted by molar-refractivity contribution is 0.203. The first-order valence-corrected chi connectivity index (χ1v) is 5.58. The van der Waals surface area contributed by atoms with Gasteiger partial charge in [-0.05, 0) is 24.7 Å². The molecule has 1 rings (SSSR count). The maximum atomic E-state index is 9.58. The van der Waals surface area contributed by atoms with Crippen LogP contribution in [0.1, 0.15) is 12.5 Å². The lowest BCUT2D eigenvalue weighted by atomic mass is 9.83. The van der Waals surface area contributed by atoms with Crippen LogP contribution in [0, 0.1) is 0 Å². The van der Waals surface area contributed by atoms with Crippen LogP contribution in [-0.4, -0.2) is 39.5 Å². The predicted molar refractivity (Wildman–Crippen MR) is 67.9 cm³/mol. The van der Waals surface area contributed by atoms with E-state index in [9.17, 15) is 5.11 Å². The first-order chi connectivity index (χ1) is 8.09. The number of ether oxygens (including phenoxy) is 2. The van der Waals surface area contributed by atoms with E-state index in [0.29, 0.717) is 6.54 Å². The molecule has 1 aromatic rings. The molecule has 1 aromatic carbocycles. The number of hydrogen-bond acceptors (Lipinski definition) is 4. The SMILES string of the molecule is CNCC(C)(CO)c1cc(OC)cc(OC)c1. The molecule has 0 fully saturated rings. The second-order valence-electron chi connectivity index (χ2n) is 4.35. The summed E-state index contributed by atoms with van der Waals surface area (Å²) in [6.07, 6.45) is 0. The molecule has 4 heteroatoms. The largest absolute Gasteiger partial charge is 0.497 e. The number of methoxy groups -OCH3 is 2. The Morgan fingerprint density at radius 3 is 2.06 bits per heavy atom. The highest BCUT2D eigenvalue weighted by molar-refractivity contribution is 5.42. The van der Waals surface area contributed by atoms with E-state index in [2.05, 4.69) is 5.32 Å². The topological polar surface area (TPSA) is 50.7 Å². The van der Waals surface area contributed by atoms with Crippen molar-refractivity contribution < 1.29 is 14.6 Å². The second kappa shape index (κ2) is 5.89. The first-order valence-electron chi connectivity index (χ1n) is 5.58. The Bertz CT molecular complexity index is 345. The highest BCUT2D eigenvalue weighted by Crippen LogP contribution is 2.30. The van der Waals surface area contributed by atoms with E-state index in [0.717, 1.165) is 17.1 Å². The molecular formula is C13H21NO3. The van der Waals surface area contributed by atoms with E-state index in [4.69, 9.17) is 9.47 Å².